The number of aliphatic hydroxyl groups is 2. The molecule has 0 aromatic heterocycles. The fourth-order valence-electron chi connectivity index (χ4n) is 10.4. The standard InChI is InChI=1S/C67H129NO5/c1-3-5-7-9-11-13-15-17-19-21-22-23-24-25-26-28-31-35-39-43-47-51-55-59-65(70)64(63-69)68-66(71)60-56-52-48-44-40-36-32-29-27-30-34-38-42-46-50-54-58-62-73-67(72)61-57-53-49-45-41-37-33-20-18-16-14-12-10-8-6-4-2/h27,30,38,42,64-65,69-70H,3-26,28-29,31-37,39-41,43-63H2,1-2H3,(H,68,71)/b30-27-,42-38-. The van der Waals surface area contributed by atoms with Gasteiger partial charge in [-0.3, -0.25) is 9.59 Å². The molecule has 0 bridgehead atoms. The number of hydrogen-bond acceptors (Lipinski definition) is 5. The summed E-state index contributed by atoms with van der Waals surface area (Å²) in [5.74, 6) is -0.0580. The summed E-state index contributed by atoms with van der Waals surface area (Å²) in [6, 6.07) is -0.555. The molecule has 73 heavy (non-hydrogen) atoms. The maximum absolute atomic E-state index is 12.5. The summed E-state index contributed by atoms with van der Waals surface area (Å²) >= 11 is 0. The largest absolute Gasteiger partial charge is 0.466 e. The molecule has 0 fully saturated rings. The first kappa shape index (κ1) is 71.3. The molecular weight excluding hydrogens is 899 g/mol. The zero-order chi connectivity index (χ0) is 52.9. The molecule has 2 atom stereocenters. The van der Waals surface area contributed by atoms with Gasteiger partial charge in [0, 0.05) is 12.8 Å². The Labute approximate surface area is 456 Å². The van der Waals surface area contributed by atoms with E-state index in [1.54, 1.807) is 0 Å². The van der Waals surface area contributed by atoms with Gasteiger partial charge in [0.1, 0.15) is 0 Å². The topological polar surface area (TPSA) is 95.9 Å². The van der Waals surface area contributed by atoms with Gasteiger partial charge in [0.15, 0.2) is 0 Å². The van der Waals surface area contributed by atoms with E-state index in [-0.39, 0.29) is 18.5 Å². The minimum Gasteiger partial charge on any atom is -0.466 e. The molecule has 1 amide bonds. The Morgan fingerprint density at radius 2 is 0.685 bits per heavy atom. The first-order chi connectivity index (χ1) is 36.0. The maximum atomic E-state index is 12.5. The zero-order valence-corrected chi connectivity index (χ0v) is 49.4. The lowest BCUT2D eigenvalue weighted by Gasteiger charge is -2.22. The van der Waals surface area contributed by atoms with Gasteiger partial charge in [-0.05, 0) is 64.2 Å². The summed E-state index contributed by atoms with van der Waals surface area (Å²) in [5.41, 5.74) is 0. The Bertz CT molecular complexity index is 1140. The van der Waals surface area contributed by atoms with Gasteiger partial charge in [-0.15, -0.1) is 0 Å². The van der Waals surface area contributed by atoms with E-state index in [0.29, 0.717) is 25.9 Å². The second-order valence-corrected chi connectivity index (χ2v) is 22.8. The lowest BCUT2D eigenvalue weighted by atomic mass is 10.0. The predicted molar refractivity (Wildman–Crippen MR) is 320 cm³/mol. The van der Waals surface area contributed by atoms with Crippen LogP contribution in [0.5, 0.6) is 0 Å². The molecule has 0 rings (SSSR count). The molecule has 0 aliphatic heterocycles. The highest BCUT2D eigenvalue weighted by Gasteiger charge is 2.20. The normalized spacial score (nSPS) is 12.7. The van der Waals surface area contributed by atoms with Crippen LogP contribution in [0.15, 0.2) is 24.3 Å². The van der Waals surface area contributed by atoms with E-state index in [9.17, 15) is 19.8 Å². The second-order valence-electron chi connectivity index (χ2n) is 22.8. The summed E-state index contributed by atoms with van der Waals surface area (Å²) in [7, 11) is 0. The molecule has 0 heterocycles. The van der Waals surface area contributed by atoms with E-state index in [2.05, 4.69) is 43.5 Å². The summed E-state index contributed by atoms with van der Waals surface area (Å²) in [5, 5.41) is 23.4. The minimum atomic E-state index is -0.676. The van der Waals surface area contributed by atoms with Gasteiger partial charge in [0.2, 0.25) is 5.91 Å². The van der Waals surface area contributed by atoms with Gasteiger partial charge >= 0.3 is 5.97 Å². The molecule has 0 aliphatic carbocycles. The van der Waals surface area contributed by atoms with Crippen LogP contribution in [0.2, 0.25) is 0 Å². The van der Waals surface area contributed by atoms with Crippen LogP contribution < -0.4 is 5.32 Å². The van der Waals surface area contributed by atoms with E-state index in [1.165, 1.54) is 250 Å². The molecule has 6 heteroatoms. The highest BCUT2D eigenvalue weighted by Crippen LogP contribution is 2.18. The van der Waals surface area contributed by atoms with Crippen LogP contribution in [-0.4, -0.2) is 47.4 Å². The van der Waals surface area contributed by atoms with E-state index in [1.807, 2.05) is 0 Å². The summed E-state index contributed by atoms with van der Waals surface area (Å²) in [4.78, 5) is 24.6. The third kappa shape index (κ3) is 59.4. The van der Waals surface area contributed by atoms with E-state index >= 15 is 0 Å². The number of ether oxygens (including phenoxy) is 1. The Morgan fingerprint density at radius 1 is 0.384 bits per heavy atom. The van der Waals surface area contributed by atoms with E-state index < -0.39 is 12.1 Å². The number of amides is 1. The molecule has 432 valence electrons. The van der Waals surface area contributed by atoms with Crippen LogP contribution in [-0.2, 0) is 14.3 Å². The highest BCUT2D eigenvalue weighted by atomic mass is 16.5. The van der Waals surface area contributed by atoms with Crippen molar-refractivity contribution in [2.24, 2.45) is 0 Å². The zero-order valence-electron chi connectivity index (χ0n) is 49.4. The average Bonchev–Trinajstić information content (AvgIpc) is 3.39. The van der Waals surface area contributed by atoms with Crippen LogP contribution in [0, 0.1) is 0 Å². The van der Waals surface area contributed by atoms with Crippen LogP contribution in [0.1, 0.15) is 367 Å². The van der Waals surface area contributed by atoms with Gasteiger partial charge in [-0.1, -0.05) is 314 Å². The van der Waals surface area contributed by atoms with E-state index in [0.717, 1.165) is 83.5 Å². The fourth-order valence-corrected chi connectivity index (χ4v) is 10.4. The lowest BCUT2D eigenvalue weighted by Crippen LogP contribution is -2.45. The molecule has 6 nitrogen and oxygen atoms in total. The van der Waals surface area contributed by atoms with Crippen LogP contribution in [0.4, 0.5) is 0 Å². The Morgan fingerprint density at radius 3 is 1.04 bits per heavy atom. The van der Waals surface area contributed by atoms with Crippen molar-refractivity contribution in [3.63, 3.8) is 0 Å². The Kier molecular flexibility index (Phi) is 61.4. The number of allylic oxidation sites excluding steroid dienone is 4. The predicted octanol–water partition coefficient (Wildman–Crippen LogP) is 21.0. The molecule has 3 N–H and O–H groups in total. The first-order valence-electron chi connectivity index (χ1n) is 33.1. The molecule has 0 aliphatic rings. The van der Waals surface area contributed by atoms with Gasteiger partial charge in [-0.2, -0.15) is 0 Å². The molecule has 2 unspecified atom stereocenters. The van der Waals surface area contributed by atoms with Gasteiger partial charge in [0.25, 0.3) is 0 Å². The number of unbranched alkanes of at least 4 members (excludes halogenated alkanes) is 47. The Balaban J connectivity index is 3.47. The quantitative estimate of drug-likeness (QED) is 0.0320. The number of carbonyl (C=O) groups excluding carboxylic acids is 2. The molecule has 0 spiro atoms. The van der Waals surface area contributed by atoms with Crippen LogP contribution in [0.25, 0.3) is 0 Å². The van der Waals surface area contributed by atoms with Gasteiger partial charge in [-0.25, -0.2) is 0 Å². The van der Waals surface area contributed by atoms with Crippen molar-refractivity contribution in [1.82, 2.24) is 5.32 Å². The van der Waals surface area contributed by atoms with Crippen molar-refractivity contribution >= 4 is 11.9 Å². The molecule has 0 aromatic rings. The molecule has 0 saturated heterocycles. The SMILES string of the molecule is CCCCCCCCCCCCCCCCCCCCCCCCCC(O)C(CO)NC(=O)CCCCCCCCC/C=C\C/C=C\CCCCCOC(=O)CCCCCCCCCCCCCCCCCC. The minimum absolute atomic E-state index is 0.0110. The van der Waals surface area contributed by atoms with Crippen molar-refractivity contribution in [1.29, 1.82) is 0 Å². The first-order valence-corrected chi connectivity index (χ1v) is 33.1. The van der Waals surface area contributed by atoms with Crippen molar-refractivity contribution < 1.29 is 24.5 Å². The smallest absolute Gasteiger partial charge is 0.305 e. The van der Waals surface area contributed by atoms with Crippen molar-refractivity contribution in [2.45, 2.75) is 379 Å². The molecule has 0 aromatic carbocycles. The van der Waals surface area contributed by atoms with Crippen molar-refractivity contribution in [3.05, 3.63) is 24.3 Å². The van der Waals surface area contributed by atoms with Crippen molar-refractivity contribution in [3.8, 4) is 0 Å². The maximum Gasteiger partial charge on any atom is 0.305 e. The molecular formula is C67H129NO5. The average molecular weight is 1030 g/mol. The summed E-state index contributed by atoms with van der Waals surface area (Å²) < 4.78 is 5.47. The monoisotopic (exact) mass is 1030 g/mol. The fraction of sp³-hybridized carbons (Fsp3) is 0.910. The number of nitrogens with one attached hydrogen (secondary N) is 1. The van der Waals surface area contributed by atoms with E-state index in [4.69, 9.17) is 4.74 Å². The molecule has 0 saturated carbocycles. The summed E-state index contributed by atoms with van der Waals surface area (Å²) in [6.07, 6.45) is 77.7. The van der Waals surface area contributed by atoms with Crippen LogP contribution in [0.3, 0.4) is 0 Å². The number of aliphatic hydroxyl groups excluding tert-OH is 2. The number of rotatable bonds is 62. The van der Waals surface area contributed by atoms with Gasteiger partial charge < -0.3 is 20.3 Å². The van der Waals surface area contributed by atoms with Crippen LogP contribution >= 0.6 is 0 Å². The highest BCUT2D eigenvalue weighted by molar-refractivity contribution is 5.76. The summed E-state index contributed by atoms with van der Waals surface area (Å²) in [6.45, 7) is 4.94. The Hall–Kier alpha value is -1.66. The number of hydrogen-bond donors (Lipinski definition) is 3. The number of carbonyl (C=O) groups is 2. The second kappa shape index (κ2) is 62.9. The number of esters is 1. The van der Waals surface area contributed by atoms with Gasteiger partial charge in [0.05, 0.1) is 25.4 Å². The molecule has 0 radical (unpaired) electrons. The van der Waals surface area contributed by atoms with Crippen molar-refractivity contribution in [2.75, 3.05) is 13.2 Å². The third-order valence-electron chi connectivity index (χ3n) is 15.5. The third-order valence-corrected chi connectivity index (χ3v) is 15.5. The lowest BCUT2D eigenvalue weighted by molar-refractivity contribution is -0.143.